The first kappa shape index (κ1) is 15.5. The zero-order valence-electron chi connectivity index (χ0n) is 9.91. The number of hydrogen-bond donors (Lipinski definition) is 3. The second kappa shape index (κ2) is 6.97. The van der Waals surface area contributed by atoms with E-state index in [0.717, 1.165) is 6.92 Å². The molecule has 0 aliphatic heterocycles. The number of amides is 1. The highest BCUT2D eigenvalue weighted by Gasteiger charge is 2.34. The lowest BCUT2D eigenvalue weighted by Gasteiger charge is -2.30. The van der Waals surface area contributed by atoms with E-state index in [9.17, 15) is 24.6 Å². The van der Waals surface area contributed by atoms with Gasteiger partial charge < -0.3 is 25.1 Å². The van der Waals surface area contributed by atoms with E-state index in [2.05, 4.69) is 5.32 Å². The van der Waals surface area contributed by atoms with Crippen LogP contribution in [0.25, 0.3) is 0 Å². The number of aliphatic hydroxyl groups excluding tert-OH is 2. The first-order valence-corrected chi connectivity index (χ1v) is 5.05. The van der Waals surface area contributed by atoms with Crippen LogP contribution in [0.1, 0.15) is 20.8 Å². The first-order chi connectivity index (χ1) is 7.79. The smallest absolute Gasteiger partial charge is 0.303 e. The summed E-state index contributed by atoms with van der Waals surface area (Å²) in [6.45, 7) is 3.62. The van der Waals surface area contributed by atoms with Gasteiger partial charge in [0.25, 0.3) is 0 Å². The molecule has 7 heteroatoms. The number of nitrogens with one attached hydrogen (secondary N) is 1. The minimum absolute atomic E-state index is 0.194. The maximum absolute atomic E-state index is 10.9. The van der Waals surface area contributed by atoms with E-state index >= 15 is 0 Å². The lowest BCUT2D eigenvalue weighted by Crippen LogP contribution is -2.55. The number of carbonyl (C=O) groups is 3. The lowest BCUT2D eigenvalue weighted by atomic mass is 10.0. The Kier molecular flexibility index (Phi) is 6.37. The predicted molar refractivity (Wildman–Crippen MR) is 56.9 cm³/mol. The van der Waals surface area contributed by atoms with Gasteiger partial charge >= 0.3 is 5.97 Å². The van der Waals surface area contributed by atoms with Gasteiger partial charge in [-0.15, -0.1) is 0 Å². The van der Waals surface area contributed by atoms with Crippen molar-refractivity contribution in [3.63, 3.8) is 0 Å². The van der Waals surface area contributed by atoms with Crippen molar-refractivity contribution in [3.8, 4) is 0 Å². The van der Waals surface area contributed by atoms with E-state index in [1.54, 1.807) is 0 Å². The van der Waals surface area contributed by atoms with E-state index in [1.807, 2.05) is 0 Å². The van der Waals surface area contributed by atoms with Gasteiger partial charge in [0.2, 0.25) is 5.91 Å². The van der Waals surface area contributed by atoms with Crippen LogP contribution in [0.2, 0.25) is 0 Å². The number of ether oxygens (including phenoxy) is 1. The molecular weight excluding hydrogens is 230 g/mol. The molecular formula is C10H17NO6. The Morgan fingerprint density at radius 3 is 2.12 bits per heavy atom. The van der Waals surface area contributed by atoms with Crippen LogP contribution < -0.4 is 5.32 Å². The van der Waals surface area contributed by atoms with Crippen molar-refractivity contribution in [2.75, 3.05) is 0 Å². The van der Waals surface area contributed by atoms with E-state index in [4.69, 9.17) is 4.74 Å². The summed E-state index contributed by atoms with van der Waals surface area (Å²) in [5.41, 5.74) is 0. The minimum atomic E-state index is -1.57. The molecule has 0 aromatic heterocycles. The molecule has 0 aromatic carbocycles. The maximum Gasteiger partial charge on any atom is 0.303 e. The van der Waals surface area contributed by atoms with Gasteiger partial charge in [-0.05, 0) is 6.92 Å². The lowest BCUT2D eigenvalue weighted by molar-refractivity contribution is -0.158. The van der Waals surface area contributed by atoms with Crippen molar-refractivity contribution >= 4 is 18.2 Å². The summed E-state index contributed by atoms with van der Waals surface area (Å²) in [7, 11) is 0. The van der Waals surface area contributed by atoms with E-state index in [0.29, 0.717) is 0 Å². The zero-order chi connectivity index (χ0) is 13.6. The molecule has 3 N–H and O–H groups in total. The average molecular weight is 247 g/mol. The van der Waals surface area contributed by atoms with Crippen LogP contribution in [0.3, 0.4) is 0 Å². The quantitative estimate of drug-likeness (QED) is 0.383. The highest BCUT2D eigenvalue weighted by molar-refractivity contribution is 5.74. The fourth-order valence-electron chi connectivity index (χ4n) is 1.34. The molecule has 0 fully saturated rings. The highest BCUT2D eigenvalue weighted by atomic mass is 16.6. The molecule has 17 heavy (non-hydrogen) atoms. The van der Waals surface area contributed by atoms with Crippen molar-refractivity contribution in [2.24, 2.45) is 0 Å². The molecule has 4 atom stereocenters. The molecule has 7 nitrogen and oxygen atoms in total. The molecule has 0 bridgehead atoms. The van der Waals surface area contributed by atoms with E-state index in [-0.39, 0.29) is 6.29 Å². The largest absolute Gasteiger partial charge is 0.457 e. The third-order valence-corrected chi connectivity index (χ3v) is 2.01. The molecule has 0 saturated carbocycles. The second-order valence-electron chi connectivity index (χ2n) is 3.67. The average Bonchev–Trinajstić information content (AvgIpc) is 2.21. The Morgan fingerprint density at radius 1 is 1.29 bits per heavy atom. The van der Waals surface area contributed by atoms with Gasteiger partial charge in [-0.2, -0.15) is 0 Å². The van der Waals surface area contributed by atoms with Crippen LogP contribution in [-0.2, 0) is 19.1 Å². The molecule has 0 rings (SSSR count). The first-order valence-electron chi connectivity index (χ1n) is 5.05. The van der Waals surface area contributed by atoms with Crippen molar-refractivity contribution in [1.82, 2.24) is 5.32 Å². The maximum atomic E-state index is 10.9. The molecule has 1 amide bonds. The Balaban J connectivity index is 4.98. The number of hydrogen-bond acceptors (Lipinski definition) is 6. The highest BCUT2D eigenvalue weighted by Crippen LogP contribution is 2.09. The predicted octanol–water partition coefficient (Wildman–Crippen LogP) is -1.64. The third kappa shape index (κ3) is 5.41. The Hall–Kier alpha value is -1.47. The van der Waals surface area contributed by atoms with Crippen LogP contribution in [0, 0.1) is 0 Å². The Labute approximate surface area is 98.8 Å². The standard InChI is InChI=1S/C10H17NO6/c1-5(13)10(17-7(3)15)9(8(16)4-12)11-6(2)14/h4-5,8-10,13,16H,1-3H3,(H,11,14)/t5-,8+,9-,10+/m1/s1. The van der Waals surface area contributed by atoms with Gasteiger partial charge in [0, 0.05) is 13.8 Å². The number of aliphatic hydroxyl groups is 2. The summed E-state index contributed by atoms with van der Waals surface area (Å²) >= 11 is 0. The van der Waals surface area contributed by atoms with Crippen LogP contribution in [-0.4, -0.2) is 52.7 Å². The molecule has 0 aliphatic carbocycles. The molecule has 98 valence electrons. The molecule has 0 unspecified atom stereocenters. The SMILES string of the molecule is CC(=O)N[C@@H]([C@@H](OC(C)=O)[C@@H](C)O)[C@@H](O)C=O. The normalized spacial score (nSPS) is 17.5. The van der Waals surface area contributed by atoms with E-state index < -0.39 is 36.2 Å². The van der Waals surface area contributed by atoms with Gasteiger partial charge in [-0.25, -0.2) is 0 Å². The summed E-state index contributed by atoms with van der Waals surface area (Å²) in [6.07, 6.45) is -3.72. The summed E-state index contributed by atoms with van der Waals surface area (Å²) in [5.74, 6) is -1.21. The fraction of sp³-hybridized carbons (Fsp3) is 0.700. The number of esters is 1. The van der Waals surface area contributed by atoms with Gasteiger partial charge in [-0.3, -0.25) is 9.59 Å². The monoisotopic (exact) mass is 247 g/mol. The summed E-state index contributed by atoms with van der Waals surface area (Å²) in [4.78, 5) is 32.3. The second-order valence-corrected chi connectivity index (χ2v) is 3.67. The summed E-state index contributed by atoms with van der Waals surface area (Å²) in [6, 6.07) is -1.19. The summed E-state index contributed by atoms with van der Waals surface area (Å²) < 4.78 is 4.78. The van der Waals surface area contributed by atoms with Crippen molar-refractivity contribution in [1.29, 1.82) is 0 Å². The Morgan fingerprint density at radius 2 is 1.82 bits per heavy atom. The van der Waals surface area contributed by atoms with Crippen LogP contribution in [0.5, 0.6) is 0 Å². The van der Waals surface area contributed by atoms with Gasteiger partial charge in [0.15, 0.2) is 12.4 Å². The van der Waals surface area contributed by atoms with Crippen LogP contribution in [0.4, 0.5) is 0 Å². The zero-order valence-corrected chi connectivity index (χ0v) is 9.91. The molecule has 0 spiro atoms. The summed E-state index contributed by atoms with van der Waals surface area (Å²) in [5, 5.41) is 21.1. The number of aldehydes is 1. The number of rotatable bonds is 6. The third-order valence-electron chi connectivity index (χ3n) is 2.01. The van der Waals surface area contributed by atoms with Gasteiger partial charge in [0.05, 0.1) is 6.10 Å². The topological polar surface area (TPSA) is 113 Å². The Bertz CT molecular complexity index is 291. The van der Waals surface area contributed by atoms with Crippen molar-refractivity contribution in [2.45, 2.75) is 45.1 Å². The molecule has 0 heterocycles. The van der Waals surface area contributed by atoms with Gasteiger partial charge in [-0.1, -0.05) is 0 Å². The van der Waals surface area contributed by atoms with Crippen molar-refractivity contribution < 1.29 is 29.3 Å². The fourth-order valence-corrected chi connectivity index (χ4v) is 1.34. The number of carbonyl (C=O) groups excluding carboxylic acids is 3. The van der Waals surface area contributed by atoms with E-state index in [1.165, 1.54) is 13.8 Å². The van der Waals surface area contributed by atoms with Crippen LogP contribution in [0.15, 0.2) is 0 Å². The van der Waals surface area contributed by atoms with Gasteiger partial charge in [0.1, 0.15) is 12.1 Å². The minimum Gasteiger partial charge on any atom is -0.457 e. The molecule has 0 aromatic rings. The van der Waals surface area contributed by atoms with Crippen molar-refractivity contribution in [3.05, 3.63) is 0 Å². The molecule has 0 aliphatic rings. The molecule has 0 radical (unpaired) electrons. The molecule has 0 saturated heterocycles. The van der Waals surface area contributed by atoms with Crippen LogP contribution >= 0.6 is 0 Å².